The molecule has 68 valence electrons. The molecular formula is C9H23N2+. The molecule has 0 rings (SSSR count). The second-order valence-electron chi connectivity index (χ2n) is 4.07. The van der Waals surface area contributed by atoms with E-state index in [-0.39, 0.29) is 0 Å². The Morgan fingerprint density at radius 2 is 1.73 bits per heavy atom. The van der Waals surface area contributed by atoms with Gasteiger partial charge in [0.1, 0.15) is 0 Å². The Bertz CT molecular complexity index is 84.1. The van der Waals surface area contributed by atoms with Crippen molar-refractivity contribution >= 4 is 0 Å². The van der Waals surface area contributed by atoms with E-state index in [9.17, 15) is 0 Å². The number of rotatable bonds is 6. The van der Waals surface area contributed by atoms with E-state index in [1.54, 1.807) is 0 Å². The van der Waals surface area contributed by atoms with Crippen LogP contribution in [0.15, 0.2) is 0 Å². The lowest BCUT2D eigenvalue weighted by Crippen LogP contribution is -2.35. The van der Waals surface area contributed by atoms with E-state index < -0.39 is 0 Å². The molecule has 0 bridgehead atoms. The van der Waals surface area contributed by atoms with Crippen LogP contribution in [0.1, 0.15) is 19.8 Å². The first-order valence-electron chi connectivity index (χ1n) is 4.57. The predicted octanol–water partition coefficient (Wildman–Crippen LogP) is 1.08. The van der Waals surface area contributed by atoms with E-state index in [1.165, 1.54) is 25.9 Å². The molecule has 0 aliphatic rings. The summed E-state index contributed by atoms with van der Waals surface area (Å²) >= 11 is 0. The first kappa shape index (κ1) is 10.9. The summed E-state index contributed by atoms with van der Waals surface area (Å²) in [5.74, 6) is 0. The number of nitrogens with one attached hydrogen (secondary N) is 1. The fourth-order valence-corrected chi connectivity index (χ4v) is 1.01. The molecule has 11 heavy (non-hydrogen) atoms. The molecule has 0 aliphatic heterocycles. The Morgan fingerprint density at radius 1 is 1.09 bits per heavy atom. The third-order valence-electron chi connectivity index (χ3n) is 1.68. The minimum atomic E-state index is 1.09. The summed E-state index contributed by atoms with van der Waals surface area (Å²) in [6, 6.07) is 0. The SMILES string of the molecule is CCNCCCC[N+](C)(C)C. The van der Waals surface area contributed by atoms with Crippen LogP contribution in [0.2, 0.25) is 0 Å². The monoisotopic (exact) mass is 159 g/mol. The third kappa shape index (κ3) is 9.92. The summed E-state index contributed by atoms with van der Waals surface area (Å²) in [6.45, 7) is 5.71. The Labute approximate surface area is 71.2 Å². The van der Waals surface area contributed by atoms with Gasteiger partial charge in [-0.25, -0.2) is 0 Å². The molecule has 2 nitrogen and oxygen atoms in total. The van der Waals surface area contributed by atoms with Crippen LogP contribution in [0.4, 0.5) is 0 Å². The summed E-state index contributed by atoms with van der Waals surface area (Å²) in [5, 5.41) is 3.33. The highest BCUT2D eigenvalue weighted by atomic mass is 15.3. The lowest BCUT2D eigenvalue weighted by atomic mass is 10.3. The van der Waals surface area contributed by atoms with Gasteiger partial charge in [-0.2, -0.15) is 0 Å². The van der Waals surface area contributed by atoms with Gasteiger partial charge in [0.2, 0.25) is 0 Å². The fourth-order valence-electron chi connectivity index (χ4n) is 1.01. The van der Waals surface area contributed by atoms with Crippen molar-refractivity contribution < 1.29 is 4.48 Å². The lowest BCUT2D eigenvalue weighted by molar-refractivity contribution is -0.870. The molecule has 0 atom stereocenters. The van der Waals surface area contributed by atoms with E-state index >= 15 is 0 Å². The van der Waals surface area contributed by atoms with Gasteiger partial charge in [-0.15, -0.1) is 0 Å². The van der Waals surface area contributed by atoms with Gasteiger partial charge in [0.25, 0.3) is 0 Å². The van der Waals surface area contributed by atoms with Crippen LogP contribution in [0.25, 0.3) is 0 Å². The Morgan fingerprint density at radius 3 is 2.18 bits per heavy atom. The quantitative estimate of drug-likeness (QED) is 0.452. The molecule has 0 heterocycles. The van der Waals surface area contributed by atoms with Gasteiger partial charge in [-0.3, -0.25) is 0 Å². The van der Waals surface area contributed by atoms with Gasteiger partial charge in [-0.1, -0.05) is 6.92 Å². The largest absolute Gasteiger partial charge is 0.331 e. The van der Waals surface area contributed by atoms with E-state index in [0.29, 0.717) is 0 Å². The van der Waals surface area contributed by atoms with E-state index in [4.69, 9.17) is 0 Å². The van der Waals surface area contributed by atoms with Gasteiger partial charge in [0.15, 0.2) is 0 Å². The van der Waals surface area contributed by atoms with E-state index in [1.807, 2.05) is 0 Å². The van der Waals surface area contributed by atoms with Gasteiger partial charge in [0, 0.05) is 0 Å². The fraction of sp³-hybridized carbons (Fsp3) is 1.00. The molecule has 0 aromatic rings. The number of hydrogen-bond acceptors (Lipinski definition) is 1. The molecule has 0 radical (unpaired) electrons. The van der Waals surface area contributed by atoms with Gasteiger partial charge >= 0.3 is 0 Å². The zero-order valence-electron chi connectivity index (χ0n) is 8.48. The van der Waals surface area contributed by atoms with Gasteiger partial charge in [0.05, 0.1) is 27.7 Å². The Kier molecular flexibility index (Phi) is 5.51. The number of quaternary nitrogens is 1. The summed E-state index contributed by atoms with van der Waals surface area (Å²) in [6.07, 6.45) is 2.64. The van der Waals surface area contributed by atoms with Crippen LogP contribution in [0.3, 0.4) is 0 Å². The highest BCUT2D eigenvalue weighted by Crippen LogP contribution is 1.95. The minimum Gasteiger partial charge on any atom is -0.331 e. The number of hydrogen-bond donors (Lipinski definition) is 1. The average Bonchev–Trinajstić information content (AvgIpc) is 1.85. The zero-order chi connectivity index (χ0) is 8.74. The van der Waals surface area contributed by atoms with Crippen LogP contribution in [0, 0.1) is 0 Å². The first-order valence-corrected chi connectivity index (χ1v) is 4.57. The molecule has 0 saturated heterocycles. The maximum atomic E-state index is 3.33. The van der Waals surface area contributed by atoms with Gasteiger partial charge in [-0.05, 0) is 25.9 Å². The van der Waals surface area contributed by atoms with Crippen LogP contribution in [0.5, 0.6) is 0 Å². The molecule has 1 N–H and O–H groups in total. The zero-order valence-corrected chi connectivity index (χ0v) is 8.48. The summed E-state index contributed by atoms with van der Waals surface area (Å²) in [5.41, 5.74) is 0. The highest BCUT2D eigenvalue weighted by molar-refractivity contribution is 4.44. The average molecular weight is 159 g/mol. The number of unbranched alkanes of at least 4 members (excludes halogenated alkanes) is 1. The molecule has 0 unspecified atom stereocenters. The third-order valence-corrected chi connectivity index (χ3v) is 1.68. The summed E-state index contributed by atoms with van der Waals surface area (Å²) in [7, 11) is 6.73. The topological polar surface area (TPSA) is 12.0 Å². The molecule has 0 aromatic carbocycles. The highest BCUT2D eigenvalue weighted by Gasteiger charge is 2.04. The van der Waals surface area contributed by atoms with Crippen molar-refractivity contribution in [2.45, 2.75) is 19.8 Å². The Hall–Kier alpha value is -0.0800. The van der Waals surface area contributed by atoms with Crippen molar-refractivity contribution in [1.82, 2.24) is 5.32 Å². The van der Waals surface area contributed by atoms with Crippen molar-refractivity contribution in [1.29, 1.82) is 0 Å². The molecule has 2 heteroatoms. The van der Waals surface area contributed by atoms with Crippen LogP contribution < -0.4 is 5.32 Å². The predicted molar refractivity (Wildman–Crippen MR) is 50.7 cm³/mol. The van der Waals surface area contributed by atoms with E-state index in [0.717, 1.165) is 11.0 Å². The first-order chi connectivity index (χ1) is 5.06. The molecule has 0 spiro atoms. The maximum Gasteiger partial charge on any atom is 0.0780 e. The van der Waals surface area contributed by atoms with Crippen LogP contribution in [-0.2, 0) is 0 Å². The smallest absolute Gasteiger partial charge is 0.0780 e. The lowest BCUT2D eigenvalue weighted by Gasteiger charge is -2.23. The maximum absolute atomic E-state index is 3.33. The number of nitrogens with zero attached hydrogens (tertiary/aromatic N) is 1. The molecule has 0 aromatic heterocycles. The van der Waals surface area contributed by atoms with Crippen LogP contribution in [-0.4, -0.2) is 45.3 Å². The summed E-state index contributed by atoms with van der Waals surface area (Å²) < 4.78 is 1.09. The second kappa shape index (κ2) is 5.56. The Balaban J connectivity index is 3.02. The van der Waals surface area contributed by atoms with Crippen molar-refractivity contribution in [3.05, 3.63) is 0 Å². The molecule has 0 saturated carbocycles. The van der Waals surface area contributed by atoms with E-state index in [2.05, 4.69) is 33.4 Å². The molecule has 0 aliphatic carbocycles. The van der Waals surface area contributed by atoms with Crippen molar-refractivity contribution in [2.24, 2.45) is 0 Å². The molecular weight excluding hydrogens is 136 g/mol. The molecule has 0 amide bonds. The van der Waals surface area contributed by atoms with Gasteiger partial charge < -0.3 is 9.80 Å². The van der Waals surface area contributed by atoms with Crippen molar-refractivity contribution in [3.8, 4) is 0 Å². The standard InChI is InChI=1S/C9H23N2/c1-5-10-8-6-7-9-11(2,3)4/h10H,5-9H2,1-4H3/q+1. The van der Waals surface area contributed by atoms with Crippen molar-refractivity contribution in [2.75, 3.05) is 40.8 Å². The van der Waals surface area contributed by atoms with Crippen molar-refractivity contribution in [3.63, 3.8) is 0 Å². The van der Waals surface area contributed by atoms with Crippen LogP contribution >= 0.6 is 0 Å². The summed E-state index contributed by atoms with van der Waals surface area (Å²) in [4.78, 5) is 0. The minimum absolute atomic E-state index is 1.09. The second-order valence-corrected chi connectivity index (χ2v) is 4.07. The normalized spacial score (nSPS) is 12.0. The molecule has 0 fully saturated rings.